The van der Waals surface area contributed by atoms with Gasteiger partial charge in [-0.15, -0.1) is 0 Å². The van der Waals surface area contributed by atoms with Gasteiger partial charge in [0.25, 0.3) is 0 Å². The minimum Gasteiger partial charge on any atom is -0.304 e. The minimum atomic E-state index is 1.00. The second-order valence-electron chi connectivity index (χ2n) is 3.30. The molecule has 3 nitrogen and oxygen atoms in total. The van der Waals surface area contributed by atoms with Crippen LogP contribution in [0.4, 0.5) is 0 Å². The highest BCUT2D eigenvalue weighted by molar-refractivity contribution is 5.79. The van der Waals surface area contributed by atoms with Crippen LogP contribution >= 0.6 is 0 Å². The van der Waals surface area contributed by atoms with Crippen molar-refractivity contribution >= 4 is 10.9 Å². The lowest BCUT2D eigenvalue weighted by atomic mass is 10.2. The third-order valence-electron chi connectivity index (χ3n) is 2.33. The molecule has 0 saturated carbocycles. The van der Waals surface area contributed by atoms with Crippen molar-refractivity contribution in [1.82, 2.24) is 14.5 Å². The van der Waals surface area contributed by atoms with Crippen LogP contribution in [0.2, 0.25) is 0 Å². The van der Waals surface area contributed by atoms with Gasteiger partial charge in [0.2, 0.25) is 0 Å². The highest BCUT2D eigenvalue weighted by Crippen LogP contribution is 2.14. The first-order valence-electron chi connectivity index (χ1n) is 4.69. The van der Waals surface area contributed by atoms with Crippen LogP contribution in [-0.2, 0) is 0 Å². The van der Waals surface area contributed by atoms with E-state index >= 15 is 0 Å². The van der Waals surface area contributed by atoms with E-state index in [0.717, 1.165) is 16.6 Å². The van der Waals surface area contributed by atoms with Gasteiger partial charge < -0.3 is 4.57 Å². The molecule has 0 saturated heterocycles. The molecule has 0 aliphatic rings. The molecule has 1 aromatic carbocycles. The fourth-order valence-electron chi connectivity index (χ4n) is 1.57. The Labute approximate surface area is 87.0 Å². The molecule has 3 rings (SSSR count). The molecule has 71 valence electrons. The second kappa shape index (κ2) is 3.20. The second-order valence-corrected chi connectivity index (χ2v) is 3.30. The van der Waals surface area contributed by atoms with Crippen LogP contribution in [-0.4, -0.2) is 14.5 Å². The number of aromatic nitrogens is 3. The van der Waals surface area contributed by atoms with Crippen molar-refractivity contribution in [1.29, 1.82) is 0 Å². The van der Waals surface area contributed by atoms with E-state index in [4.69, 9.17) is 0 Å². The van der Waals surface area contributed by atoms with Crippen LogP contribution in [0, 0.1) is 6.20 Å². The Morgan fingerprint density at radius 3 is 3.00 bits per heavy atom. The molecule has 3 aromatic rings. The van der Waals surface area contributed by atoms with Crippen LogP contribution in [0.1, 0.15) is 0 Å². The zero-order chi connectivity index (χ0) is 10.1. The number of para-hydroxylation sites is 1. The van der Waals surface area contributed by atoms with Crippen molar-refractivity contribution in [2.45, 2.75) is 0 Å². The Hall–Kier alpha value is -2.16. The van der Waals surface area contributed by atoms with Crippen LogP contribution < -0.4 is 0 Å². The third-order valence-corrected chi connectivity index (χ3v) is 2.33. The molecule has 0 aliphatic heterocycles. The first kappa shape index (κ1) is 8.17. The average molecular weight is 194 g/mol. The van der Waals surface area contributed by atoms with E-state index in [0.29, 0.717) is 0 Å². The lowest BCUT2D eigenvalue weighted by Crippen LogP contribution is -1.91. The quantitative estimate of drug-likeness (QED) is 0.594. The number of pyridine rings is 1. The van der Waals surface area contributed by atoms with E-state index in [1.165, 1.54) is 0 Å². The zero-order valence-electron chi connectivity index (χ0n) is 7.96. The van der Waals surface area contributed by atoms with Crippen LogP contribution in [0.15, 0.2) is 49.1 Å². The van der Waals surface area contributed by atoms with Crippen molar-refractivity contribution in [2.75, 3.05) is 0 Å². The van der Waals surface area contributed by atoms with Gasteiger partial charge in [0.15, 0.2) is 0 Å². The molecule has 0 N–H and O–H groups in total. The molecule has 0 aliphatic carbocycles. The van der Waals surface area contributed by atoms with Crippen molar-refractivity contribution in [2.24, 2.45) is 0 Å². The van der Waals surface area contributed by atoms with Gasteiger partial charge in [0.1, 0.15) is 12.5 Å². The molecule has 0 spiro atoms. The molecule has 2 heterocycles. The maximum atomic E-state index is 4.37. The van der Waals surface area contributed by atoms with Gasteiger partial charge in [0.05, 0.1) is 17.4 Å². The van der Waals surface area contributed by atoms with Crippen molar-refractivity contribution in [3.05, 3.63) is 55.2 Å². The Morgan fingerprint density at radius 1 is 1.20 bits per heavy atom. The molecule has 1 radical (unpaired) electrons. The van der Waals surface area contributed by atoms with E-state index in [2.05, 4.69) is 22.2 Å². The smallest absolute Gasteiger partial charge is 0.109 e. The van der Waals surface area contributed by atoms with Gasteiger partial charge in [-0.25, -0.2) is 4.98 Å². The molecule has 0 fully saturated rings. The van der Waals surface area contributed by atoms with Crippen molar-refractivity contribution in [3.8, 4) is 5.69 Å². The summed E-state index contributed by atoms with van der Waals surface area (Å²) in [5.41, 5.74) is 2.01. The molecule has 2 aromatic heterocycles. The van der Waals surface area contributed by atoms with Gasteiger partial charge in [-0.1, -0.05) is 18.2 Å². The Morgan fingerprint density at radius 2 is 2.13 bits per heavy atom. The normalized spacial score (nSPS) is 10.7. The van der Waals surface area contributed by atoms with Crippen LogP contribution in [0.3, 0.4) is 0 Å². The fraction of sp³-hybridized carbons (Fsp3) is 0. The molecule has 0 bridgehead atoms. The molecule has 0 atom stereocenters. The van der Waals surface area contributed by atoms with E-state index in [-0.39, 0.29) is 0 Å². The predicted molar refractivity (Wildman–Crippen MR) is 57.7 cm³/mol. The summed E-state index contributed by atoms with van der Waals surface area (Å²) in [5.74, 6) is 0. The molecular formula is C12H8N3. The van der Waals surface area contributed by atoms with E-state index < -0.39 is 0 Å². The molecule has 3 heteroatoms. The predicted octanol–water partition coefficient (Wildman–Crippen LogP) is 2.22. The standard InChI is InChI=1S/C12H8N3/c1-2-4-12-10(3-1)7-11(8-14-12)15-6-5-13-9-15/h1-4,6-9H. The third kappa shape index (κ3) is 1.38. The Bertz CT molecular complexity index is 585. The number of imidazole rings is 1. The fourth-order valence-corrected chi connectivity index (χ4v) is 1.57. The maximum Gasteiger partial charge on any atom is 0.109 e. The lowest BCUT2D eigenvalue weighted by Gasteiger charge is -2.02. The summed E-state index contributed by atoms with van der Waals surface area (Å²) in [6.07, 6.45) is 8.09. The summed E-state index contributed by atoms with van der Waals surface area (Å²) in [5, 5.41) is 1.13. The maximum absolute atomic E-state index is 4.37. The molecule has 0 unspecified atom stereocenters. The average Bonchev–Trinajstić information content (AvgIpc) is 2.82. The number of nitrogens with zero attached hydrogens (tertiary/aromatic N) is 3. The van der Waals surface area contributed by atoms with Crippen molar-refractivity contribution < 1.29 is 0 Å². The first-order valence-corrected chi connectivity index (χ1v) is 4.69. The SMILES string of the molecule is [c]1cn(-c2cnc3ccccc3c2)cn1. The molecule has 0 amide bonds. The van der Waals surface area contributed by atoms with E-state index in [1.54, 1.807) is 12.5 Å². The lowest BCUT2D eigenvalue weighted by molar-refractivity contribution is 1.05. The van der Waals surface area contributed by atoms with E-state index in [9.17, 15) is 0 Å². The van der Waals surface area contributed by atoms with Crippen LogP contribution in [0.25, 0.3) is 16.6 Å². The highest BCUT2D eigenvalue weighted by Gasteiger charge is 1.98. The van der Waals surface area contributed by atoms with Crippen molar-refractivity contribution in [3.63, 3.8) is 0 Å². The summed E-state index contributed by atoms with van der Waals surface area (Å²) in [4.78, 5) is 8.26. The largest absolute Gasteiger partial charge is 0.304 e. The number of hydrogen-bond acceptors (Lipinski definition) is 2. The highest BCUT2D eigenvalue weighted by atomic mass is 15.0. The van der Waals surface area contributed by atoms with Gasteiger partial charge in [-0.3, -0.25) is 4.98 Å². The van der Waals surface area contributed by atoms with Gasteiger partial charge in [-0.2, -0.15) is 0 Å². The number of fused-ring (bicyclic) bond motifs is 1. The van der Waals surface area contributed by atoms with Gasteiger partial charge >= 0.3 is 0 Å². The summed E-state index contributed by atoms with van der Waals surface area (Å²) in [6.45, 7) is 0. The van der Waals surface area contributed by atoms with Gasteiger partial charge in [0, 0.05) is 11.6 Å². The van der Waals surface area contributed by atoms with Gasteiger partial charge in [-0.05, 0) is 12.1 Å². The molecule has 15 heavy (non-hydrogen) atoms. The number of hydrogen-bond donors (Lipinski definition) is 0. The number of benzene rings is 1. The summed E-state index contributed by atoms with van der Waals surface area (Å²) < 4.78 is 1.89. The first-order chi connectivity index (χ1) is 7.43. The zero-order valence-corrected chi connectivity index (χ0v) is 7.96. The minimum absolute atomic E-state index is 1.00. The Balaban J connectivity index is 2.22. The summed E-state index contributed by atoms with van der Waals surface area (Å²) in [7, 11) is 0. The van der Waals surface area contributed by atoms with E-state index in [1.807, 2.05) is 35.0 Å². The monoisotopic (exact) mass is 194 g/mol. The summed E-state index contributed by atoms with van der Waals surface area (Å²) >= 11 is 0. The van der Waals surface area contributed by atoms with Crippen LogP contribution in [0.5, 0.6) is 0 Å². The topological polar surface area (TPSA) is 30.7 Å². The molecular weight excluding hydrogens is 186 g/mol. The number of rotatable bonds is 1. The summed E-state index contributed by atoms with van der Waals surface area (Å²) in [6, 6.07) is 10.1. The Kier molecular flexibility index (Phi) is 1.75.